The molecule has 130 valence electrons. The normalized spacial score (nSPS) is 12.1. The van der Waals surface area contributed by atoms with Gasteiger partial charge in [0.1, 0.15) is 0 Å². The lowest BCUT2D eigenvalue weighted by atomic mass is 10.1. The summed E-state index contributed by atoms with van der Waals surface area (Å²) in [6, 6.07) is 6.99. The summed E-state index contributed by atoms with van der Waals surface area (Å²) in [4.78, 5) is 28.9. The number of imidazole rings is 1. The van der Waals surface area contributed by atoms with Crippen LogP contribution in [0.4, 0.5) is 0 Å². The molecule has 0 aliphatic rings. The zero-order valence-electron chi connectivity index (χ0n) is 13.4. The Hall–Kier alpha value is -2.38. The van der Waals surface area contributed by atoms with E-state index >= 15 is 0 Å². The maximum Gasteiger partial charge on any atom is 0.312 e. The lowest BCUT2D eigenvalue weighted by molar-refractivity contribution is -0.148. The Morgan fingerprint density at radius 2 is 2.12 bits per heavy atom. The summed E-state index contributed by atoms with van der Waals surface area (Å²) in [6.07, 6.45) is 3.68. The number of fused-ring (bicyclic) bond motifs is 1. The molecule has 1 amide bonds. The van der Waals surface area contributed by atoms with Gasteiger partial charge in [0, 0.05) is 22.8 Å². The van der Waals surface area contributed by atoms with Gasteiger partial charge in [-0.1, -0.05) is 23.7 Å². The third-order valence-electron chi connectivity index (χ3n) is 3.58. The molecule has 1 atom stereocenters. The number of rotatable bonds is 6. The summed E-state index contributed by atoms with van der Waals surface area (Å²) in [5, 5.41) is 5.32. The van der Waals surface area contributed by atoms with E-state index in [2.05, 4.69) is 10.3 Å². The molecule has 0 saturated heterocycles. The summed E-state index contributed by atoms with van der Waals surface area (Å²) in [7, 11) is 0. The van der Waals surface area contributed by atoms with Crippen LogP contribution >= 0.6 is 22.9 Å². The minimum Gasteiger partial charge on any atom is -0.455 e. The van der Waals surface area contributed by atoms with Crippen molar-refractivity contribution in [3.63, 3.8) is 0 Å². The highest BCUT2D eigenvalue weighted by atomic mass is 35.5. The standard InChI is InChI=1S/C17H16ClN3O3S/c1-11(12-2-4-13(18)5-3-12)19-15(22)10-24-16(23)8-14-9-21-6-7-25-17(21)20-14/h2-7,9,11H,8,10H2,1H3,(H,19,22)/t11-/m1/s1. The topological polar surface area (TPSA) is 72.7 Å². The third kappa shape index (κ3) is 4.58. The van der Waals surface area contributed by atoms with E-state index in [-0.39, 0.29) is 25.0 Å². The number of ether oxygens (including phenoxy) is 1. The Morgan fingerprint density at radius 3 is 2.84 bits per heavy atom. The number of aromatic nitrogens is 2. The number of halogens is 1. The van der Waals surface area contributed by atoms with E-state index in [4.69, 9.17) is 16.3 Å². The molecule has 0 fully saturated rings. The number of hydrogen-bond acceptors (Lipinski definition) is 5. The van der Waals surface area contributed by atoms with E-state index in [0.717, 1.165) is 10.5 Å². The first-order valence-corrected chi connectivity index (χ1v) is 8.88. The second-order valence-electron chi connectivity index (χ2n) is 5.50. The molecule has 1 aromatic carbocycles. The van der Waals surface area contributed by atoms with Gasteiger partial charge in [-0.15, -0.1) is 11.3 Å². The molecule has 2 aromatic heterocycles. The molecule has 0 bridgehead atoms. The summed E-state index contributed by atoms with van der Waals surface area (Å²) in [5.41, 5.74) is 1.54. The van der Waals surface area contributed by atoms with Gasteiger partial charge in [-0.3, -0.25) is 14.0 Å². The number of hydrogen-bond donors (Lipinski definition) is 1. The molecule has 6 nitrogen and oxygen atoms in total. The molecule has 2 heterocycles. The quantitative estimate of drug-likeness (QED) is 0.670. The Bertz CT molecular complexity index is 860. The Labute approximate surface area is 153 Å². The molecule has 25 heavy (non-hydrogen) atoms. The molecule has 3 aromatic rings. The van der Waals surface area contributed by atoms with Crippen molar-refractivity contribution in [1.29, 1.82) is 0 Å². The van der Waals surface area contributed by atoms with Crippen LogP contribution in [0.1, 0.15) is 24.2 Å². The van der Waals surface area contributed by atoms with Crippen LogP contribution in [0.2, 0.25) is 5.02 Å². The van der Waals surface area contributed by atoms with Crippen molar-refractivity contribution in [2.24, 2.45) is 0 Å². The van der Waals surface area contributed by atoms with E-state index in [1.807, 2.05) is 35.0 Å². The van der Waals surface area contributed by atoms with Crippen molar-refractivity contribution in [1.82, 2.24) is 14.7 Å². The molecule has 0 unspecified atom stereocenters. The van der Waals surface area contributed by atoms with Crippen LogP contribution in [0.5, 0.6) is 0 Å². The van der Waals surface area contributed by atoms with Gasteiger partial charge in [0.2, 0.25) is 0 Å². The van der Waals surface area contributed by atoms with Crippen molar-refractivity contribution >= 4 is 39.8 Å². The first-order valence-electron chi connectivity index (χ1n) is 7.63. The summed E-state index contributed by atoms with van der Waals surface area (Å²) >= 11 is 7.33. The number of esters is 1. The molecule has 0 saturated carbocycles. The molecular formula is C17H16ClN3O3S. The largest absolute Gasteiger partial charge is 0.455 e. The van der Waals surface area contributed by atoms with Gasteiger partial charge >= 0.3 is 5.97 Å². The van der Waals surface area contributed by atoms with Crippen LogP contribution in [0.15, 0.2) is 42.0 Å². The van der Waals surface area contributed by atoms with E-state index in [1.54, 1.807) is 18.3 Å². The zero-order valence-corrected chi connectivity index (χ0v) is 15.0. The monoisotopic (exact) mass is 377 g/mol. The van der Waals surface area contributed by atoms with E-state index in [1.165, 1.54) is 11.3 Å². The molecular weight excluding hydrogens is 362 g/mol. The Kier molecular flexibility index (Phi) is 5.35. The van der Waals surface area contributed by atoms with Gasteiger partial charge in [0.05, 0.1) is 18.2 Å². The van der Waals surface area contributed by atoms with Crippen LogP contribution in [0.25, 0.3) is 4.96 Å². The number of benzene rings is 1. The maximum absolute atomic E-state index is 11.9. The average molecular weight is 378 g/mol. The number of nitrogens with one attached hydrogen (secondary N) is 1. The average Bonchev–Trinajstić information content (AvgIpc) is 3.15. The van der Waals surface area contributed by atoms with Crippen LogP contribution in [0.3, 0.4) is 0 Å². The predicted octanol–water partition coefficient (Wildman–Crippen LogP) is 3.01. The maximum atomic E-state index is 11.9. The van der Waals surface area contributed by atoms with Crippen LogP contribution < -0.4 is 5.32 Å². The van der Waals surface area contributed by atoms with Crippen molar-refractivity contribution in [2.45, 2.75) is 19.4 Å². The lowest BCUT2D eigenvalue weighted by Gasteiger charge is -2.14. The minimum atomic E-state index is -0.486. The van der Waals surface area contributed by atoms with Crippen molar-refractivity contribution in [2.75, 3.05) is 6.61 Å². The van der Waals surface area contributed by atoms with Crippen LogP contribution in [0, 0.1) is 0 Å². The fourth-order valence-corrected chi connectivity index (χ4v) is 3.17. The van der Waals surface area contributed by atoms with Gasteiger partial charge in [0.15, 0.2) is 11.6 Å². The number of amides is 1. The van der Waals surface area contributed by atoms with Gasteiger partial charge in [-0.05, 0) is 24.6 Å². The lowest BCUT2D eigenvalue weighted by Crippen LogP contribution is -2.31. The first-order chi connectivity index (χ1) is 12.0. The van der Waals surface area contributed by atoms with Crippen molar-refractivity contribution in [3.8, 4) is 0 Å². The van der Waals surface area contributed by atoms with Gasteiger partial charge in [0.25, 0.3) is 5.91 Å². The van der Waals surface area contributed by atoms with Gasteiger partial charge in [-0.2, -0.15) is 0 Å². The SMILES string of the molecule is C[C@@H](NC(=O)COC(=O)Cc1cn2ccsc2n1)c1ccc(Cl)cc1. The summed E-state index contributed by atoms with van der Waals surface area (Å²) < 4.78 is 6.86. The van der Waals surface area contributed by atoms with E-state index in [9.17, 15) is 9.59 Å². The first kappa shape index (κ1) is 17.4. The highest BCUT2D eigenvalue weighted by Crippen LogP contribution is 2.16. The fraction of sp³-hybridized carbons (Fsp3) is 0.235. The predicted molar refractivity (Wildman–Crippen MR) is 95.7 cm³/mol. The molecule has 1 N–H and O–H groups in total. The van der Waals surface area contributed by atoms with Crippen molar-refractivity contribution in [3.05, 3.63) is 58.3 Å². The molecule has 0 radical (unpaired) electrons. The van der Waals surface area contributed by atoms with E-state index < -0.39 is 5.97 Å². The minimum absolute atomic E-state index is 0.0361. The molecule has 3 rings (SSSR count). The Morgan fingerprint density at radius 1 is 1.36 bits per heavy atom. The highest BCUT2D eigenvalue weighted by Gasteiger charge is 2.14. The van der Waals surface area contributed by atoms with E-state index in [0.29, 0.717) is 10.7 Å². The van der Waals surface area contributed by atoms with Crippen LogP contribution in [-0.2, 0) is 20.7 Å². The van der Waals surface area contributed by atoms with Gasteiger partial charge in [-0.25, -0.2) is 4.98 Å². The number of carbonyl (C=O) groups excluding carboxylic acids is 2. The molecule has 0 spiro atoms. The number of carbonyl (C=O) groups is 2. The van der Waals surface area contributed by atoms with Gasteiger partial charge < -0.3 is 10.1 Å². The molecule has 0 aliphatic heterocycles. The summed E-state index contributed by atoms with van der Waals surface area (Å²) in [6.45, 7) is 1.53. The zero-order chi connectivity index (χ0) is 17.8. The number of thiazole rings is 1. The second-order valence-corrected chi connectivity index (χ2v) is 6.81. The van der Waals surface area contributed by atoms with Crippen molar-refractivity contribution < 1.29 is 14.3 Å². The molecule has 0 aliphatic carbocycles. The summed E-state index contributed by atoms with van der Waals surface area (Å²) in [5.74, 6) is -0.846. The smallest absolute Gasteiger partial charge is 0.312 e. The molecule has 8 heteroatoms. The third-order valence-corrected chi connectivity index (χ3v) is 4.60. The second kappa shape index (κ2) is 7.67. The Balaban J connectivity index is 1.45. The number of nitrogens with zero attached hydrogens (tertiary/aromatic N) is 2. The van der Waals surface area contributed by atoms with Crippen LogP contribution in [-0.4, -0.2) is 27.9 Å². The highest BCUT2D eigenvalue weighted by molar-refractivity contribution is 7.15. The fourth-order valence-electron chi connectivity index (χ4n) is 2.32.